The second-order valence-corrected chi connectivity index (χ2v) is 6.76. The molecule has 0 fully saturated rings. The van der Waals surface area contributed by atoms with Crippen LogP contribution in [0.3, 0.4) is 0 Å². The molecule has 1 aliphatic rings. The third kappa shape index (κ3) is 4.26. The number of hydrogen-bond acceptors (Lipinski definition) is 4. The van der Waals surface area contributed by atoms with Crippen molar-refractivity contribution in [2.45, 2.75) is 18.9 Å². The third-order valence-electron chi connectivity index (χ3n) is 4.52. The first-order valence-corrected chi connectivity index (χ1v) is 9.59. The highest BCUT2D eigenvalue weighted by Crippen LogP contribution is 2.37. The Morgan fingerprint density at radius 1 is 1.18 bits per heavy atom. The van der Waals surface area contributed by atoms with Crippen molar-refractivity contribution in [3.05, 3.63) is 78.0 Å². The molecule has 1 unspecified atom stereocenters. The number of aryl methyl sites for hydroxylation is 1. The Bertz CT molecular complexity index is 961. The summed E-state index contributed by atoms with van der Waals surface area (Å²) in [6.45, 7) is 0. The number of carbonyl (C=O) groups excluding carboxylic acids is 1. The van der Waals surface area contributed by atoms with E-state index < -0.39 is 0 Å². The lowest BCUT2D eigenvalue weighted by atomic mass is 9.97. The molecule has 5 nitrogen and oxygen atoms in total. The quantitative estimate of drug-likeness (QED) is 0.610. The number of fused-ring (bicyclic) bond motifs is 1. The number of pyridine rings is 1. The average Bonchev–Trinajstić information content (AvgIpc) is 2.75. The lowest BCUT2D eigenvalue weighted by Gasteiger charge is -2.26. The number of hydrogen-bond donors (Lipinski definition) is 1. The Labute approximate surface area is 168 Å². The van der Waals surface area contributed by atoms with Gasteiger partial charge in [0.25, 0.3) is 0 Å². The maximum absolute atomic E-state index is 11.3. The largest absolute Gasteiger partial charge is 0.485 e. The van der Waals surface area contributed by atoms with E-state index in [0.29, 0.717) is 17.3 Å². The van der Waals surface area contributed by atoms with Gasteiger partial charge >= 0.3 is 0 Å². The molecule has 0 saturated heterocycles. The van der Waals surface area contributed by atoms with Crippen molar-refractivity contribution < 1.29 is 14.3 Å². The molecule has 2 aromatic carbocycles. The van der Waals surface area contributed by atoms with E-state index in [4.69, 9.17) is 21.1 Å². The van der Waals surface area contributed by atoms with E-state index in [1.54, 1.807) is 12.1 Å². The monoisotopic (exact) mass is 394 g/mol. The van der Waals surface area contributed by atoms with Crippen LogP contribution in [0.15, 0.2) is 66.9 Å². The molecule has 1 amide bonds. The van der Waals surface area contributed by atoms with E-state index in [1.165, 1.54) is 17.3 Å². The van der Waals surface area contributed by atoms with Crippen molar-refractivity contribution >= 4 is 23.2 Å². The van der Waals surface area contributed by atoms with Gasteiger partial charge in [0.05, 0.1) is 11.9 Å². The molecule has 0 aliphatic carbocycles. The zero-order chi connectivity index (χ0) is 19.3. The number of ether oxygens (including phenoxy) is 2. The van der Waals surface area contributed by atoms with Crippen molar-refractivity contribution in [3.8, 4) is 17.4 Å². The number of nitrogens with zero attached hydrogens (tertiary/aromatic N) is 1. The first-order valence-electron chi connectivity index (χ1n) is 9.05. The standard InChI is InChI=1S/C22H19ClN2O3/c23-13-21(26)25-17-8-11-22(24-14-17)27-18-9-6-16-7-10-19(28-20(16)12-18)15-4-2-1-3-5-15/h1-6,8-9,11-12,14,19H,7,10,13H2,(H,25,26). The Kier molecular flexibility index (Phi) is 5.44. The fraction of sp³-hybridized carbons (Fsp3) is 0.182. The summed E-state index contributed by atoms with van der Waals surface area (Å²) in [5.41, 5.74) is 2.92. The molecule has 28 heavy (non-hydrogen) atoms. The van der Waals surface area contributed by atoms with E-state index in [1.807, 2.05) is 36.4 Å². The van der Waals surface area contributed by atoms with Crippen molar-refractivity contribution in [2.75, 3.05) is 11.2 Å². The number of amides is 1. The van der Waals surface area contributed by atoms with Crippen LogP contribution in [0.5, 0.6) is 17.4 Å². The molecule has 0 spiro atoms. The van der Waals surface area contributed by atoms with Crippen molar-refractivity contribution in [2.24, 2.45) is 0 Å². The molecule has 2 heterocycles. The summed E-state index contributed by atoms with van der Waals surface area (Å²) in [6.07, 6.45) is 3.49. The Morgan fingerprint density at radius 2 is 2.04 bits per heavy atom. The first kappa shape index (κ1) is 18.3. The summed E-state index contributed by atoms with van der Waals surface area (Å²) in [4.78, 5) is 15.5. The highest BCUT2D eigenvalue weighted by Gasteiger charge is 2.21. The molecule has 1 N–H and O–H groups in total. The van der Waals surface area contributed by atoms with E-state index in [0.717, 1.165) is 18.6 Å². The Hall–Kier alpha value is -3.05. The van der Waals surface area contributed by atoms with Crippen LogP contribution < -0.4 is 14.8 Å². The molecular formula is C22H19ClN2O3. The second kappa shape index (κ2) is 8.31. The molecule has 6 heteroatoms. The maximum atomic E-state index is 11.3. The van der Waals surface area contributed by atoms with Gasteiger partial charge in [-0.05, 0) is 36.1 Å². The van der Waals surface area contributed by atoms with Gasteiger partial charge in [-0.2, -0.15) is 0 Å². The number of carbonyl (C=O) groups is 1. The molecule has 142 valence electrons. The molecule has 0 saturated carbocycles. The topological polar surface area (TPSA) is 60.5 Å². The first-order chi connectivity index (χ1) is 13.7. The van der Waals surface area contributed by atoms with Gasteiger partial charge in [0.15, 0.2) is 0 Å². The summed E-state index contributed by atoms with van der Waals surface area (Å²) in [7, 11) is 0. The molecule has 4 rings (SSSR count). The molecule has 0 radical (unpaired) electrons. The summed E-state index contributed by atoms with van der Waals surface area (Å²) in [5.74, 6) is 1.54. The van der Waals surface area contributed by atoms with Crippen LogP contribution in [-0.4, -0.2) is 16.8 Å². The van der Waals surface area contributed by atoms with Crippen LogP contribution in [0.1, 0.15) is 23.7 Å². The predicted octanol–water partition coefficient (Wildman–Crippen LogP) is 5.12. The van der Waals surface area contributed by atoms with Gasteiger partial charge in [-0.1, -0.05) is 36.4 Å². The summed E-state index contributed by atoms with van der Waals surface area (Å²) in [5, 5.41) is 2.64. The van der Waals surface area contributed by atoms with Gasteiger partial charge < -0.3 is 14.8 Å². The number of benzene rings is 2. The number of alkyl halides is 1. The molecule has 3 aromatic rings. The smallest absolute Gasteiger partial charge is 0.239 e. The molecule has 0 bridgehead atoms. The molecule has 1 aromatic heterocycles. The fourth-order valence-electron chi connectivity index (χ4n) is 3.15. The Balaban J connectivity index is 1.46. The van der Waals surface area contributed by atoms with Crippen LogP contribution in [0.4, 0.5) is 5.69 Å². The number of aromatic nitrogens is 1. The van der Waals surface area contributed by atoms with E-state index in [2.05, 4.69) is 22.4 Å². The zero-order valence-electron chi connectivity index (χ0n) is 15.1. The number of nitrogens with one attached hydrogen (secondary N) is 1. The predicted molar refractivity (Wildman–Crippen MR) is 108 cm³/mol. The lowest BCUT2D eigenvalue weighted by molar-refractivity contribution is -0.113. The van der Waals surface area contributed by atoms with Gasteiger partial charge in [0, 0.05) is 12.1 Å². The summed E-state index contributed by atoms with van der Waals surface area (Å²) < 4.78 is 12.1. The lowest BCUT2D eigenvalue weighted by Crippen LogP contribution is -2.15. The average molecular weight is 395 g/mol. The fourth-order valence-corrected chi connectivity index (χ4v) is 3.21. The minimum atomic E-state index is -0.281. The van der Waals surface area contributed by atoms with E-state index in [9.17, 15) is 4.79 Å². The van der Waals surface area contributed by atoms with Crippen LogP contribution in [0.2, 0.25) is 0 Å². The highest BCUT2D eigenvalue weighted by atomic mass is 35.5. The van der Waals surface area contributed by atoms with Crippen LogP contribution in [0.25, 0.3) is 0 Å². The summed E-state index contributed by atoms with van der Waals surface area (Å²) >= 11 is 5.48. The number of halogens is 1. The van der Waals surface area contributed by atoms with Crippen molar-refractivity contribution in [3.63, 3.8) is 0 Å². The SMILES string of the molecule is O=C(CCl)Nc1ccc(Oc2ccc3c(c2)OC(c2ccccc2)CC3)nc1. The van der Waals surface area contributed by atoms with Gasteiger partial charge in [-0.25, -0.2) is 4.98 Å². The van der Waals surface area contributed by atoms with Gasteiger partial charge in [-0.15, -0.1) is 11.6 Å². The molecule has 1 atom stereocenters. The van der Waals surface area contributed by atoms with Crippen molar-refractivity contribution in [1.82, 2.24) is 4.98 Å². The van der Waals surface area contributed by atoms with E-state index in [-0.39, 0.29) is 17.9 Å². The van der Waals surface area contributed by atoms with Crippen LogP contribution >= 0.6 is 11.6 Å². The third-order valence-corrected chi connectivity index (χ3v) is 4.76. The maximum Gasteiger partial charge on any atom is 0.239 e. The molecular weight excluding hydrogens is 376 g/mol. The zero-order valence-corrected chi connectivity index (χ0v) is 15.9. The minimum absolute atomic E-state index is 0.0481. The normalized spacial score (nSPS) is 15.2. The van der Waals surface area contributed by atoms with Gasteiger partial charge in [0.2, 0.25) is 11.8 Å². The van der Waals surface area contributed by atoms with E-state index >= 15 is 0 Å². The number of rotatable bonds is 5. The minimum Gasteiger partial charge on any atom is -0.485 e. The van der Waals surface area contributed by atoms with Crippen molar-refractivity contribution in [1.29, 1.82) is 0 Å². The molecule has 1 aliphatic heterocycles. The van der Waals surface area contributed by atoms with Gasteiger partial charge in [-0.3, -0.25) is 4.79 Å². The van der Waals surface area contributed by atoms with Crippen LogP contribution in [-0.2, 0) is 11.2 Å². The summed E-state index contributed by atoms with van der Waals surface area (Å²) in [6, 6.07) is 19.5. The highest BCUT2D eigenvalue weighted by molar-refractivity contribution is 6.29. The number of anilines is 1. The Morgan fingerprint density at radius 3 is 2.79 bits per heavy atom. The van der Waals surface area contributed by atoms with Gasteiger partial charge in [0.1, 0.15) is 23.5 Å². The van der Waals surface area contributed by atoms with Crippen LogP contribution in [0, 0.1) is 0 Å². The second-order valence-electron chi connectivity index (χ2n) is 6.49.